The number of unbranched alkanes of at least 4 members (excludes halogenated alkanes) is 4. The Morgan fingerprint density at radius 3 is 2.50 bits per heavy atom. The van der Waals surface area contributed by atoms with Gasteiger partial charge in [0.25, 0.3) is 0 Å². The monoisotopic (exact) mass is 454 g/mol. The maximum Gasteiger partial charge on any atom is 0.166 e. The van der Waals surface area contributed by atoms with Gasteiger partial charge in [-0.25, -0.2) is 4.98 Å². The zero-order chi connectivity index (χ0) is 17.8. The molecule has 1 aromatic heterocycles. The third-order valence-corrected chi connectivity index (χ3v) is 5.34. The van der Waals surface area contributed by atoms with Gasteiger partial charge in [0.15, 0.2) is 5.15 Å². The molecule has 0 atom stereocenters. The van der Waals surface area contributed by atoms with Crippen LogP contribution in [0.4, 0.5) is 0 Å². The Balaban J connectivity index is 0.00000243. The second kappa shape index (κ2) is 9.77. The predicted molar refractivity (Wildman–Crippen MR) is 119 cm³/mol. The van der Waals surface area contributed by atoms with E-state index in [1.807, 2.05) is 0 Å². The number of hydrogen-bond acceptors (Lipinski definition) is 1. The first-order valence-electron chi connectivity index (χ1n) is 9.03. The van der Waals surface area contributed by atoms with Crippen molar-refractivity contribution in [2.45, 2.75) is 52.5 Å². The molecule has 0 aliphatic heterocycles. The van der Waals surface area contributed by atoms with E-state index >= 15 is 0 Å². The quantitative estimate of drug-likeness (QED) is 0.331. The first-order valence-corrected chi connectivity index (χ1v) is 9.78. The highest BCUT2D eigenvalue weighted by Crippen LogP contribution is 2.34. The summed E-state index contributed by atoms with van der Waals surface area (Å²) in [6, 6.07) is 12.7. The zero-order valence-electron chi connectivity index (χ0n) is 15.3. The van der Waals surface area contributed by atoms with Crippen molar-refractivity contribution in [1.82, 2.24) is 9.55 Å². The van der Waals surface area contributed by atoms with Crippen LogP contribution >= 0.6 is 40.2 Å². The van der Waals surface area contributed by atoms with E-state index in [4.69, 9.17) is 23.2 Å². The molecule has 3 rings (SSSR count). The Bertz CT molecular complexity index is 874. The molecular formula is C21H25BrCl2N2. The Hall–Kier alpha value is -1.03. The van der Waals surface area contributed by atoms with E-state index in [9.17, 15) is 0 Å². The van der Waals surface area contributed by atoms with Crippen molar-refractivity contribution >= 4 is 51.0 Å². The summed E-state index contributed by atoms with van der Waals surface area (Å²) in [6.45, 7) is 5.19. The van der Waals surface area contributed by atoms with Crippen LogP contribution in [0.1, 0.15) is 44.6 Å². The molecule has 5 heteroatoms. The minimum Gasteiger partial charge on any atom is -0.314 e. The predicted octanol–water partition coefficient (Wildman–Crippen LogP) is 7.87. The molecule has 0 bridgehead atoms. The Kier molecular flexibility index (Phi) is 8.00. The molecule has 0 fully saturated rings. The molecule has 0 saturated carbocycles. The second-order valence-corrected chi connectivity index (χ2v) is 7.33. The van der Waals surface area contributed by atoms with E-state index in [1.165, 1.54) is 42.0 Å². The van der Waals surface area contributed by atoms with Gasteiger partial charge in [0.05, 0.1) is 0 Å². The lowest BCUT2D eigenvalue weighted by atomic mass is 10.0. The van der Waals surface area contributed by atoms with E-state index in [0.717, 1.165) is 24.4 Å². The molecule has 140 valence electrons. The lowest BCUT2D eigenvalue weighted by Crippen LogP contribution is -2.02. The van der Waals surface area contributed by atoms with E-state index in [0.29, 0.717) is 10.3 Å². The Morgan fingerprint density at radius 2 is 1.73 bits per heavy atom. The summed E-state index contributed by atoms with van der Waals surface area (Å²) >= 11 is 12.7. The molecule has 0 amide bonds. The number of imidazole rings is 1. The summed E-state index contributed by atoms with van der Waals surface area (Å²) in [4.78, 5) is 4.58. The number of rotatable bonds is 7. The van der Waals surface area contributed by atoms with E-state index < -0.39 is 0 Å². The Labute approximate surface area is 176 Å². The van der Waals surface area contributed by atoms with Gasteiger partial charge in [0.2, 0.25) is 0 Å². The lowest BCUT2D eigenvalue weighted by molar-refractivity contribution is 0.571. The average molecular weight is 456 g/mol. The topological polar surface area (TPSA) is 17.8 Å². The van der Waals surface area contributed by atoms with Gasteiger partial charge in [-0.1, -0.05) is 86.1 Å². The average Bonchev–Trinajstić information content (AvgIpc) is 2.89. The summed E-state index contributed by atoms with van der Waals surface area (Å²) < 4.78 is 2.07. The maximum absolute atomic E-state index is 6.46. The number of benzene rings is 2. The summed E-state index contributed by atoms with van der Waals surface area (Å²) in [7, 11) is 0. The van der Waals surface area contributed by atoms with Gasteiger partial charge in [-0.15, -0.1) is 17.0 Å². The van der Waals surface area contributed by atoms with Gasteiger partial charge in [-0.2, -0.15) is 0 Å². The van der Waals surface area contributed by atoms with Crippen molar-refractivity contribution in [2.75, 3.05) is 0 Å². The normalized spacial score (nSPS) is 10.9. The summed E-state index contributed by atoms with van der Waals surface area (Å²) in [5, 5.41) is 3.31. The summed E-state index contributed by atoms with van der Waals surface area (Å²) in [5.74, 6) is 0.866. The molecule has 2 nitrogen and oxygen atoms in total. The van der Waals surface area contributed by atoms with Crippen LogP contribution in [0.3, 0.4) is 0 Å². The van der Waals surface area contributed by atoms with E-state index in [2.05, 4.69) is 59.8 Å². The van der Waals surface area contributed by atoms with Crippen LogP contribution in [0.25, 0.3) is 22.2 Å². The number of aromatic nitrogens is 2. The van der Waals surface area contributed by atoms with Crippen molar-refractivity contribution in [3.63, 3.8) is 0 Å². The number of fused-ring (bicyclic) bond motifs is 1. The zero-order valence-corrected chi connectivity index (χ0v) is 18.5. The van der Waals surface area contributed by atoms with Crippen LogP contribution < -0.4 is 0 Å². The molecule has 26 heavy (non-hydrogen) atoms. The number of nitrogens with zero attached hydrogens (tertiary/aromatic N) is 2. The van der Waals surface area contributed by atoms with E-state index in [-0.39, 0.29) is 17.0 Å². The fourth-order valence-electron chi connectivity index (χ4n) is 3.33. The van der Waals surface area contributed by atoms with Crippen molar-refractivity contribution in [3.8, 4) is 11.4 Å². The van der Waals surface area contributed by atoms with Crippen molar-refractivity contribution < 1.29 is 0 Å². The highest BCUT2D eigenvalue weighted by Gasteiger charge is 2.17. The van der Waals surface area contributed by atoms with Gasteiger partial charge in [0, 0.05) is 12.1 Å². The lowest BCUT2D eigenvalue weighted by Gasteiger charge is -2.12. The molecule has 0 spiro atoms. The fourth-order valence-corrected chi connectivity index (χ4v) is 3.72. The highest BCUT2D eigenvalue weighted by molar-refractivity contribution is 8.93. The van der Waals surface area contributed by atoms with E-state index in [1.54, 1.807) is 0 Å². The third kappa shape index (κ3) is 4.62. The number of hydrogen-bond donors (Lipinski definition) is 0. The van der Waals surface area contributed by atoms with Gasteiger partial charge in [0.1, 0.15) is 11.0 Å². The molecule has 1 heterocycles. The minimum absolute atomic E-state index is 0. The van der Waals surface area contributed by atoms with Gasteiger partial charge >= 0.3 is 0 Å². The fraction of sp³-hybridized carbons (Fsp3) is 0.381. The SMILES string of the molecule is Br.CCCCCCCn1c(-c2cc(C)cc3ccccc23)nc(Cl)c1Cl. The second-order valence-electron chi connectivity index (χ2n) is 6.62. The van der Waals surface area contributed by atoms with Crippen LogP contribution in [0.15, 0.2) is 36.4 Å². The van der Waals surface area contributed by atoms with Crippen molar-refractivity contribution in [1.29, 1.82) is 0 Å². The van der Waals surface area contributed by atoms with Gasteiger partial charge in [-0.3, -0.25) is 0 Å². The minimum atomic E-state index is 0. The first-order chi connectivity index (χ1) is 12.1. The summed E-state index contributed by atoms with van der Waals surface area (Å²) in [6.07, 6.45) is 6.09. The molecular weight excluding hydrogens is 431 g/mol. The first kappa shape index (κ1) is 21.3. The Morgan fingerprint density at radius 1 is 1.00 bits per heavy atom. The van der Waals surface area contributed by atoms with Crippen molar-refractivity contribution in [3.05, 3.63) is 52.3 Å². The standard InChI is InChI=1S/C21H24Cl2N2.BrH/c1-3-4-5-6-9-12-25-20(23)19(22)24-21(25)18-14-15(2)13-16-10-7-8-11-17(16)18;/h7-8,10-11,13-14H,3-6,9,12H2,1-2H3;1H. The van der Waals surface area contributed by atoms with Crippen LogP contribution in [0, 0.1) is 6.92 Å². The molecule has 3 aromatic rings. The molecule has 0 saturated heterocycles. The van der Waals surface area contributed by atoms with Crippen molar-refractivity contribution in [2.24, 2.45) is 0 Å². The molecule has 0 radical (unpaired) electrons. The molecule has 0 N–H and O–H groups in total. The highest BCUT2D eigenvalue weighted by atomic mass is 79.9. The number of halogens is 3. The van der Waals surface area contributed by atoms with Crippen LogP contribution in [-0.4, -0.2) is 9.55 Å². The smallest absolute Gasteiger partial charge is 0.166 e. The van der Waals surface area contributed by atoms with Crippen LogP contribution in [0.2, 0.25) is 10.3 Å². The van der Waals surface area contributed by atoms with Gasteiger partial charge < -0.3 is 4.57 Å². The van der Waals surface area contributed by atoms with Crippen LogP contribution in [-0.2, 0) is 6.54 Å². The molecule has 0 aliphatic rings. The molecule has 0 unspecified atom stereocenters. The maximum atomic E-state index is 6.46. The molecule has 2 aromatic carbocycles. The largest absolute Gasteiger partial charge is 0.314 e. The third-order valence-electron chi connectivity index (χ3n) is 4.60. The van der Waals surface area contributed by atoms with Crippen LogP contribution in [0.5, 0.6) is 0 Å². The molecule has 0 aliphatic carbocycles. The summed E-state index contributed by atoms with van der Waals surface area (Å²) in [5.41, 5.74) is 2.30. The number of aryl methyl sites for hydroxylation is 1. The van der Waals surface area contributed by atoms with Gasteiger partial charge in [-0.05, 0) is 35.7 Å².